The van der Waals surface area contributed by atoms with Gasteiger partial charge in [0.2, 0.25) is 0 Å². The van der Waals surface area contributed by atoms with Crippen LogP contribution in [0.1, 0.15) is 28.5 Å². The average Bonchev–Trinajstić information content (AvgIpc) is 3.56. The number of hydrogen-bond acceptors (Lipinski definition) is 5. The summed E-state index contributed by atoms with van der Waals surface area (Å²) in [6, 6.07) is 32.3. The van der Waals surface area contributed by atoms with Gasteiger partial charge in [0, 0.05) is 6.20 Å². The fourth-order valence-corrected chi connectivity index (χ4v) is 4.32. The summed E-state index contributed by atoms with van der Waals surface area (Å²) in [6.07, 6.45) is 0.447. The SMILES string of the molecule is c1ccc(COC[C@H]2O[C@@H](c3ccn[nH]3)C(OCc3ccccc3)C2OCc2ccccc2)cc1. The highest BCUT2D eigenvalue weighted by Gasteiger charge is 2.47. The summed E-state index contributed by atoms with van der Waals surface area (Å²) in [5.41, 5.74) is 4.18. The zero-order valence-corrected chi connectivity index (χ0v) is 19.5. The number of aromatic nitrogens is 2. The molecule has 1 fully saturated rings. The minimum Gasteiger partial charge on any atom is -0.374 e. The van der Waals surface area contributed by atoms with Crippen molar-refractivity contribution in [1.29, 1.82) is 0 Å². The maximum absolute atomic E-state index is 6.50. The number of benzene rings is 3. The highest BCUT2D eigenvalue weighted by atomic mass is 16.6. The molecular weight excluding hydrogens is 440 g/mol. The molecule has 0 bridgehead atoms. The van der Waals surface area contributed by atoms with Gasteiger partial charge >= 0.3 is 0 Å². The van der Waals surface area contributed by atoms with Gasteiger partial charge in [-0.25, -0.2) is 0 Å². The molecular formula is C29H30N2O4. The first-order chi connectivity index (χ1) is 17.4. The zero-order valence-electron chi connectivity index (χ0n) is 19.5. The molecule has 1 saturated heterocycles. The van der Waals surface area contributed by atoms with Crippen molar-refractivity contribution in [2.45, 2.75) is 44.2 Å². The first-order valence-corrected chi connectivity index (χ1v) is 11.9. The van der Waals surface area contributed by atoms with E-state index in [-0.39, 0.29) is 24.4 Å². The maximum atomic E-state index is 6.50. The Morgan fingerprint density at radius 2 is 1.20 bits per heavy atom. The Labute approximate surface area is 205 Å². The molecule has 1 N–H and O–H groups in total. The van der Waals surface area contributed by atoms with Crippen molar-refractivity contribution in [3.8, 4) is 0 Å². The summed E-state index contributed by atoms with van der Waals surface area (Å²) < 4.78 is 25.5. The van der Waals surface area contributed by atoms with E-state index in [9.17, 15) is 0 Å². The van der Waals surface area contributed by atoms with Gasteiger partial charge in [-0.2, -0.15) is 5.10 Å². The van der Waals surface area contributed by atoms with Gasteiger partial charge in [-0.3, -0.25) is 5.10 Å². The summed E-state index contributed by atoms with van der Waals surface area (Å²) in [5.74, 6) is 0. The second-order valence-electron chi connectivity index (χ2n) is 8.63. The molecule has 1 aliphatic heterocycles. The largest absolute Gasteiger partial charge is 0.374 e. The highest BCUT2D eigenvalue weighted by Crippen LogP contribution is 2.37. The van der Waals surface area contributed by atoms with Crippen LogP contribution in [0.15, 0.2) is 103 Å². The Balaban J connectivity index is 1.33. The van der Waals surface area contributed by atoms with Crippen LogP contribution in [0, 0.1) is 0 Å². The minimum atomic E-state index is -0.340. The van der Waals surface area contributed by atoms with Crippen LogP contribution in [0.4, 0.5) is 0 Å². The molecule has 2 unspecified atom stereocenters. The lowest BCUT2D eigenvalue weighted by atomic mass is 10.0. The number of ether oxygens (including phenoxy) is 4. The molecule has 0 amide bonds. The molecule has 1 aliphatic rings. The standard InChI is InChI=1S/C29H30N2O4/c1-4-10-22(11-5-1)18-32-21-26-28(33-19-23-12-6-2-7-13-23)29(27(35-26)25-16-17-30-31-25)34-20-24-14-8-3-9-15-24/h1-17,26-29H,18-21H2,(H,30,31)/t26-,27+,28?,29?/m1/s1. The van der Waals surface area contributed by atoms with E-state index in [1.54, 1.807) is 6.20 Å². The number of rotatable bonds is 11. The van der Waals surface area contributed by atoms with Gasteiger partial charge in [-0.05, 0) is 22.8 Å². The molecule has 35 heavy (non-hydrogen) atoms. The summed E-state index contributed by atoms with van der Waals surface area (Å²) in [5, 5.41) is 7.19. The fraction of sp³-hybridized carbons (Fsp3) is 0.276. The van der Waals surface area contributed by atoms with Gasteiger partial charge in [0.05, 0.1) is 32.1 Å². The maximum Gasteiger partial charge on any atom is 0.128 e. The molecule has 1 aromatic heterocycles. The molecule has 0 spiro atoms. The summed E-state index contributed by atoms with van der Waals surface area (Å²) in [4.78, 5) is 0. The van der Waals surface area contributed by atoms with E-state index >= 15 is 0 Å². The van der Waals surface area contributed by atoms with E-state index < -0.39 is 0 Å². The van der Waals surface area contributed by atoms with Gasteiger partial charge in [0.15, 0.2) is 0 Å². The topological polar surface area (TPSA) is 65.6 Å². The third-order valence-electron chi connectivity index (χ3n) is 6.10. The van der Waals surface area contributed by atoms with Gasteiger partial charge < -0.3 is 18.9 Å². The number of hydrogen-bond donors (Lipinski definition) is 1. The molecule has 180 valence electrons. The molecule has 0 saturated carbocycles. The fourth-order valence-electron chi connectivity index (χ4n) is 4.32. The predicted octanol–water partition coefficient (Wildman–Crippen LogP) is 5.24. The average molecular weight is 471 g/mol. The molecule has 4 aromatic rings. The van der Waals surface area contributed by atoms with Gasteiger partial charge in [-0.15, -0.1) is 0 Å². The Kier molecular flexibility index (Phi) is 7.98. The summed E-state index contributed by atoms with van der Waals surface area (Å²) >= 11 is 0. The molecule has 6 heteroatoms. The Morgan fingerprint density at radius 1 is 0.657 bits per heavy atom. The Hall–Kier alpha value is -3.29. The van der Waals surface area contributed by atoms with Crippen molar-refractivity contribution < 1.29 is 18.9 Å². The van der Waals surface area contributed by atoms with Crippen molar-refractivity contribution in [1.82, 2.24) is 10.2 Å². The van der Waals surface area contributed by atoms with Crippen molar-refractivity contribution in [2.75, 3.05) is 6.61 Å². The zero-order chi connectivity index (χ0) is 23.7. The van der Waals surface area contributed by atoms with E-state index in [0.717, 1.165) is 22.4 Å². The normalized spacial score (nSPS) is 21.8. The third kappa shape index (κ3) is 6.24. The Morgan fingerprint density at radius 3 is 1.74 bits per heavy atom. The number of nitrogens with one attached hydrogen (secondary N) is 1. The lowest BCUT2D eigenvalue weighted by Gasteiger charge is -2.25. The quantitative estimate of drug-likeness (QED) is 0.325. The van der Waals surface area contributed by atoms with E-state index in [1.807, 2.05) is 60.7 Å². The molecule has 0 radical (unpaired) electrons. The molecule has 0 aliphatic carbocycles. The van der Waals surface area contributed by atoms with E-state index in [0.29, 0.717) is 26.4 Å². The van der Waals surface area contributed by atoms with Crippen molar-refractivity contribution in [2.24, 2.45) is 0 Å². The number of H-pyrrole nitrogens is 1. The van der Waals surface area contributed by atoms with Crippen LogP contribution >= 0.6 is 0 Å². The van der Waals surface area contributed by atoms with Crippen LogP contribution in [0.25, 0.3) is 0 Å². The second kappa shape index (κ2) is 11.9. The highest BCUT2D eigenvalue weighted by molar-refractivity contribution is 5.16. The van der Waals surface area contributed by atoms with Crippen LogP contribution in [-0.4, -0.2) is 35.1 Å². The van der Waals surface area contributed by atoms with Crippen molar-refractivity contribution in [3.05, 3.63) is 126 Å². The predicted molar refractivity (Wildman–Crippen MR) is 132 cm³/mol. The molecule has 6 nitrogen and oxygen atoms in total. The van der Waals surface area contributed by atoms with Crippen LogP contribution in [0.3, 0.4) is 0 Å². The molecule has 3 aromatic carbocycles. The van der Waals surface area contributed by atoms with Gasteiger partial charge in [0.1, 0.15) is 24.4 Å². The van der Waals surface area contributed by atoms with Crippen LogP contribution in [0.2, 0.25) is 0 Å². The smallest absolute Gasteiger partial charge is 0.128 e. The van der Waals surface area contributed by atoms with Crippen LogP contribution in [0.5, 0.6) is 0 Å². The first-order valence-electron chi connectivity index (χ1n) is 11.9. The summed E-state index contributed by atoms with van der Waals surface area (Å²) in [7, 11) is 0. The summed E-state index contributed by atoms with van der Waals surface area (Å²) in [6.45, 7) is 1.83. The molecule has 2 heterocycles. The monoisotopic (exact) mass is 470 g/mol. The van der Waals surface area contributed by atoms with Crippen LogP contribution in [-0.2, 0) is 38.8 Å². The number of nitrogens with zero attached hydrogens (tertiary/aromatic N) is 1. The van der Waals surface area contributed by atoms with E-state index in [1.165, 1.54) is 0 Å². The lowest BCUT2D eigenvalue weighted by molar-refractivity contribution is -0.0898. The van der Waals surface area contributed by atoms with Crippen molar-refractivity contribution in [3.63, 3.8) is 0 Å². The van der Waals surface area contributed by atoms with Gasteiger partial charge in [-0.1, -0.05) is 91.0 Å². The molecule has 4 atom stereocenters. The van der Waals surface area contributed by atoms with Crippen LogP contribution < -0.4 is 0 Å². The van der Waals surface area contributed by atoms with E-state index in [2.05, 4.69) is 46.6 Å². The lowest BCUT2D eigenvalue weighted by Crippen LogP contribution is -2.37. The van der Waals surface area contributed by atoms with E-state index in [4.69, 9.17) is 18.9 Å². The third-order valence-corrected chi connectivity index (χ3v) is 6.10. The molecule has 5 rings (SSSR count). The Bertz CT molecular complexity index is 1120. The van der Waals surface area contributed by atoms with Gasteiger partial charge in [0.25, 0.3) is 0 Å². The second-order valence-corrected chi connectivity index (χ2v) is 8.63. The first kappa shape index (κ1) is 23.5. The van der Waals surface area contributed by atoms with Crippen molar-refractivity contribution >= 4 is 0 Å². The number of aromatic amines is 1. The minimum absolute atomic E-state index is 0.295.